The van der Waals surface area contributed by atoms with Gasteiger partial charge in [0.2, 0.25) is 5.91 Å². The van der Waals surface area contributed by atoms with Crippen LogP contribution in [0.4, 0.5) is 18.9 Å². The monoisotopic (exact) mass is 287 g/mol. The van der Waals surface area contributed by atoms with E-state index in [4.69, 9.17) is 0 Å². The van der Waals surface area contributed by atoms with Crippen molar-refractivity contribution in [2.45, 2.75) is 39.5 Å². The van der Waals surface area contributed by atoms with E-state index in [0.29, 0.717) is 11.3 Å². The van der Waals surface area contributed by atoms with Crippen molar-refractivity contribution in [2.75, 3.05) is 5.32 Å². The van der Waals surface area contributed by atoms with Crippen LogP contribution in [0.15, 0.2) is 18.2 Å². The quantitative estimate of drug-likeness (QED) is 0.910. The Bertz CT molecular complexity index is 538. The fourth-order valence-corrected chi connectivity index (χ4v) is 2.42. The normalized spacial score (nSPS) is 18.7. The number of amides is 1. The molecule has 20 heavy (non-hydrogen) atoms. The van der Waals surface area contributed by atoms with Gasteiger partial charge in [-0.05, 0) is 35.6 Å². The Hall–Kier alpha value is -1.72. The van der Waals surface area contributed by atoms with Crippen LogP contribution in [0, 0.1) is 5.41 Å². The Morgan fingerprint density at radius 3 is 2.50 bits per heavy atom. The van der Waals surface area contributed by atoms with Crippen LogP contribution in [0.1, 0.15) is 38.7 Å². The van der Waals surface area contributed by atoms with Crippen LogP contribution >= 0.6 is 0 Å². The molecule has 0 bridgehead atoms. The predicted molar refractivity (Wildman–Crippen MR) is 68.6 cm³/mol. The molecule has 1 aliphatic heterocycles. The lowest BCUT2D eigenvalue weighted by atomic mass is 9.74. The Morgan fingerprint density at radius 2 is 1.95 bits per heavy atom. The van der Waals surface area contributed by atoms with Gasteiger partial charge < -0.3 is 10.1 Å². The Balaban J connectivity index is 2.40. The van der Waals surface area contributed by atoms with Gasteiger partial charge in [0, 0.05) is 5.69 Å². The molecule has 1 aliphatic rings. The Labute approximate surface area is 115 Å². The molecular weight excluding hydrogens is 271 g/mol. The zero-order valence-corrected chi connectivity index (χ0v) is 11.5. The third-order valence-corrected chi connectivity index (χ3v) is 3.78. The molecule has 0 radical (unpaired) electrons. The molecule has 2 rings (SSSR count). The maximum absolute atomic E-state index is 12.3. The molecule has 1 atom stereocenters. The van der Waals surface area contributed by atoms with E-state index in [9.17, 15) is 18.0 Å². The zero-order valence-electron chi connectivity index (χ0n) is 11.5. The molecule has 0 saturated heterocycles. The van der Waals surface area contributed by atoms with Crippen molar-refractivity contribution < 1.29 is 22.7 Å². The summed E-state index contributed by atoms with van der Waals surface area (Å²) < 4.78 is 40.7. The summed E-state index contributed by atoms with van der Waals surface area (Å²) in [4.78, 5) is 12.1. The van der Waals surface area contributed by atoms with Gasteiger partial charge in [-0.25, -0.2) is 0 Å². The molecular formula is C14H16F3NO2. The first-order valence-electron chi connectivity index (χ1n) is 6.34. The molecule has 0 fully saturated rings. The summed E-state index contributed by atoms with van der Waals surface area (Å²) in [6.07, 6.45) is -4.01. The minimum absolute atomic E-state index is 0.184. The van der Waals surface area contributed by atoms with E-state index in [2.05, 4.69) is 10.1 Å². The number of hydrogen-bond donors (Lipinski definition) is 1. The van der Waals surface area contributed by atoms with Crippen molar-refractivity contribution in [3.63, 3.8) is 0 Å². The number of anilines is 1. The van der Waals surface area contributed by atoms with E-state index in [1.165, 1.54) is 18.2 Å². The van der Waals surface area contributed by atoms with Crippen LogP contribution < -0.4 is 10.1 Å². The minimum atomic E-state index is -4.74. The van der Waals surface area contributed by atoms with Gasteiger partial charge in [0.15, 0.2) is 0 Å². The summed E-state index contributed by atoms with van der Waals surface area (Å²) in [5.41, 5.74) is 0.770. The smallest absolute Gasteiger partial charge is 0.406 e. The minimum Gasteiger partial charge on any atom is -0.406 e. The number of carbonyl (C=O) groups excluding carboxylic acids is 1. The van der Waals surface area contributed by atoms with Crippen molar-refractivity contribution in [1.82, 2.24) is 0 Å². The molecule has 1 unspecified atom stereocenters. The number of hydrogen-bond acceptors (Lipinski definition) is 2. The third-order valence-electron chi connectivity index (χ3n) is 3.78. The molecule has 1 aromatic rings. The first kappa shape index (κ1) is 14.7. The summed E-state index contributed by atoms with van der Waals surface area (Å²) in [5.74, 6) is -0.958. The fraction of sp³-hybridized carbons (Fsp3) is 0.500. The maximum Gasteiger partial charge on any atom is 0.573 e. The molecule has 0 saturated carbocycles. The summed E-state index contributed by atoms with van der Waals surface area (Å²) in [7, 11) is 0. The number of alkyl halides is 3. The molecule has 1 amide bonds. The van der Waals surface area contributed by atoms with Crippen molar-refractivity contribution in [2.24, 2.45) is 5.41 Å². The van der Waals surface area contributed by atoms with Crippen LogP contribution in [-0.4, -0.2) is 12.3 Å². The summed E-state index contributed by atoms with van der Waals surface area (Å²) in [5, 5.41) is 2.70. The SMILES string of the molecule is CCC(C)(C)C1C(=O)Nc2ccc(OC(F)(F)F)cc21. The number of fused-ring (bicyclic) bond motifs is 1. The van der Waals surface area contributed by atoms with Crippen LogP contribution in [0.2, 0.25) is 0 Å². The second-order valence-corrected chi connectivity index (χ2v) is 5.56. The highest BCUT2D eigenvalue weighted by Gasteiger charge is 2.41. The van der Waals surface area contributed by atoms with Crippen LogP contribution in [0.3, 0.4) is 0 Å². The Kier molecular flexibility index (Phi) is 3.44. The summed E-state index contributed by atoms with van der Waals surface area (Å²) in [6, 6.07) is 3.94. The van der Waals surface area contributed by atoms with Gasteiger partial charge >= 0.3 is 6.36 Å². The lowest BCUT2D eigenvalue weighted by molar-refractivity contribution is -0.274. The van der Waals surface area contributed by atoms with Gasteiger partial charge in [-0.15, -0.1) is 13.2 Å². The molecule has 1 N–H and O–H groups in total. The molecule has 6 heteroatoms. The maximum atomic E-state index is 12.3. The highest BCUT2D eigenvalue weighted by Crippen LogP contribution is 2.46. The van der Waals surface area contributed by atoms with Gasteiger partial charge in [0.05, 0.1) is 5.92 Å². The van der Waals surface area contributed by atoms with Gasteiger partial charge in [-0.2, -0.15) is 0 Å². The van der Waals surface area contributed by atoms with E-state index in [1.807, 2.05) is 20.8 Å². The number of nitrogens with one attached hydrogen (secondary N) is 1. The van der Waals surface area contributed by atoms with Crippen molar-refractivity contribution >= 4 is 11.6 Å². The van der Waals surface area contributed by atoms with Crippen molar-refractivity contribution in [3.8, 4) is 5.75 Å². The van der Waals surface area contributed by atoms with Crippen LogP contribution in [0.5, 0.6) is 5.75 Å². The first-order valence-corrected chi connectivity index (χ1v) is 6.34. The molecule has 0 spiro atoms. The number of halogens is 3. The summed E-state index contributed by atoms with van der Waals surface area (Å²) in [6.45, 7) is 5.79. The Morgan fingerprint density at radius 1 is 1.30 bits per heavy atom. The van der Waals surface area contributed by atoms with E-state index in [-0.39, 0.29) is 17.1 Å². The topological polar surface area (TPSA) is 38.3 Å². The van der Waals surface area contributed by atoms with Crippen LogP contribution in [-0.2, 0) is 4.79 Å². The number of benzene rings is 1. The molecule has 110 valence electrons. The van der Waals surface area contributed by atoms with E-state index in [1.54, 1.807) is 0 Å². The van der Waals surface area contributed by atoms with Crippen molar-refractivity contribution in [3.05, 3.63) is 23.8 Å². The largest absolute Gasteiger partial charge is 0.573 e. The average Bonchev–Trinajstić information content (AvgIpc) is 2.63. The second kappa shape index (κ2) is 4.68. The first-order chi connectivity index (χ1) is 9.14. The van der Waals surface area contributed by atoms with E-state index in [0.717, 1.165) is 6.42 Å². The zero-order chi connectivity index (χ0) is 15.1. The van der Waals surface area contributed by atoms with Gasteiger partial charge in [0.25, 0.3) is 0 Å². The molecule has 0 aromatic heterocycles. The number of ether oxygens (including phenoxy) is 1. The summed E-state index contributed by atoms with van der Waals surface area (Å²) >= 11 is 0. The number of carbonyl (C=O) groups is 1. The standard InChI is InChI=1S/C14H16F3NO2/c1-4-13(2,3)11-9-7-8(20-14(15,16)17)5-6-10(9)18-12(11)19/h5-7,11H,4H2,1-3H3,(H,18,19). The fourth-order valence-electron chi connectivity index (χ4n) is 2.42. The molecule has 3 nitrogen and oxygen atoms in total. The average molecular weight is 287 g/mol. The lowest BCUT2D eigenvalue weighted by Gasteiger charge is -2.29. The second-order valence-electron chi connectivity index (χ2n) is 5.56. The van der Waals surface area contributed by atoms with Gasteiger partial charge in [-0.1, -0.05) is 20.8 Å². The highest BCUT2D eigenvalue weighted by atomic mass is 19.4. The van der Waals surface area contributed by atoms with Crippen LogP contribution in [0.25, 0.3) is 0 Å². The lowest BCUT2D eigenvalue weighted by Crippen LogP contribution is -2.27. The number of rotatable bonds is 3. The van der Waals surface area contributed by atoms with Gasteiger partial charge in [0.1, 0.15) is 5.75 Å². The highest BCUT2D eigenvalue weighted by molar-refractivity contribution is 6.03. The van der Waals surface area contributed by atoms with E-state index >= 15 is 0 Å². The molecule has 1 aromatic carbocycles. The molecule has 1 heterocycles. The predicted octanol–water partition coefficient (Wildman–Crippen LogP) is 4.06. The van der Waals surface area contributed by atoms with Crippen molar-refractivity contribution in [1.29, 1.82) is 0 Å². The molecule has 0 aliphatic carbocycles. The third kappa shape index (κ3) is 2.73. The van der Waals surface area contributed by atoms with Gasteiger partial charge in [-0.3, -0.25) is 4.79 Å². The van der Waals surface area contributed by atoms with E-state index < -0.39 is 12.3 Å².